The summed E-state index contributed by atoms with van der Waals surface area (Å²) in [7, 11) is 0. The molecule has 0 saturated heterocycles. The van der Waals surface area contributed by atoms with E-state index in [1.54, 1.807) is 6.07 Å². The molecule has 2 aromatic rings. The predicted octanol–water partition coefficient (Wildman–Crippen LogP) is 4.67. The SMILES string of the molecule is CCOC1(c2ccccc2)Nc2ccc(C)cc2C(=O)C1(Cl)Cl. The van der Waals surface area contributed by atoms with Crippen molar-refractivity contribution in [3.05, 3.63) is 65.2 Å². The van der Waals surface area contributed by atoms with Gasteiger partial charge in [-0.2, -0.15) is 0 Å². The van der Waals surface area contributed by atoms with E-state index in [1.807, 2.05) is 56.3 Å². The van der Waals surface area contributed by atoms with E-state index in [2.05, 4.69) is 5.32 Å². The zero-order valence-electron chi connectivity index (χ0n) is 12.9. The summed E-state index contributed by atoms with van der Waals surface area (Å²) >= 11 is 13.1. The summed E-state index contributed by atoms with van der Waals surface area (Å²) in [5, 5.41) is 3.27. The zero-order chi connectivity index (χ0) is 16.7. The van der Waals surface area contributed by atoms with Crippen molar-refractivity contribution in [2.75, 3.05) is 11.9 Å². The van der Waals surface area contributed by atoms with E-state index in [4.69, 9.17) is 27.9 Å². The number of anilines is 1. The number of benzene rings is 2. The van der Waals surface area contributed by atoms with Crippen LogP contribution < -0.4 is 5.32 Å². The molecular formula is C18H17Cl2NO2. The molecule has 23 heavy (non-hydrogen) atoms. The molecule has 1 atom stereocenters. The number of ketones is 1. The first kappa shape index (κ1) is 16.3. The smallest absolute Gasteiger partial charge is 0.231 e. The number of carbonyl (C=O) groups excluding carboxylic acids is 1. The van der Waals surface area contributed by atoms with Crippen molar-refractivity contribution in [3.8, 4) is 0 Å². The van der Waals surface area contributed by atoms with Crippen molar-refractivity contribution in [2.24, 2.45) is 0 Å². The fourth-order valence-electron chi connectivity index (χ4n) is 2.90. The average molecular weight is 350 g/mol. The Labute approximate surface area is 145 Å². The van der Waals surface area contributed by atoms with Crippen LogP contribution in [0.1, 0.15) is 28.4 Å². The maximum atomic E-state index is 13.0. The van der Waals surface area contributed by atoms with Gasteiger partial charge in [-0.15, -0.1) is 0 Å². The highest BCUT2D eigenvalue weighted by molar-refractivity contribution is 6.61. The van der Waals surface area contributed by atoms with Gasteiger partial charge in [0.15, 0.2) is 0 Å². The minimum atomic E-state index is -1.79. The molecule has 0 fully saturated rings. The van der Waals surface area contributed by atoms with Gasteiger partial charge in [-0.3, -0.25) is 4.79 Å². The van der Waals surface area contributed by atoms with Crippen LogP contribution in [-0.4, -0.2) is 16.7 Å². The van der Waals surface area contributed by atoms with Gasteiger partial charge in [-0.25, -0.2) is 0 Å². The van der Waals surface area contributed by atoms with Gasteiger partial charge in [0.1, 0.15) is 0 Å². The van der Waals surface area contributed by atoms with Gasteiger partial charge < -0.3 is 10.1 Å². The molecule has 120 valence electrons. The number of nitrogens with one attached hydrogen (secondary N) is 1. The van der Waals surface area contributed by atoms with Crippen molar-refractivity contribution in [1.29, 1.82) is 0 Å². The molecule has 0 spiro atoms. The second kappa shape index (κ2) is 5.82. The number of halogens is 2. The number of rotatable bonds is 3. The van der Waals surface area contributed by atoms with E-state index in [9.17, 15) is 4.79 Å². The van der Waals surface area contributed by atoms with Crippen molar-refractivity contribution in [1.82, 2.24) is 0 Å². The highest BCUT2D eigenvalue weighted by Crippen LogP contribution is 2.51. The lowest BCUT2D eigenvalue weighted by atomic mass is 9.87. The first-order valence-electron chi connectivity index (χ1n) is 7.43. The molecule has 1 heterocycles. The van der Waals surface area contributed by atoms with Crippen molar-refractivity contribution in [3.63, 3.8) is 0 Å². The monoisotopic (exact) mass is 349 g/mol. The maximum absolute atomic E-state index is 13.0. The van der Waals surface area contributed by atoms with Gasteiger partial charge in [-0.1, -0.05) is 65.2 Å². The molecule has 3 nitrogen and oxygen atoms in total. The summed E-state index contributed by atoms with van der Waals surface area (Å²) in [6.07, 6.45) is 0. The van der Waals surface area contributed by atoms with E-state index in [0.717, 1.165) is 5.56 Å². The van der Waals surface area contributed by atoms with E-state index in [1.165, 1.54) is 0 Å². The number of alkyl halides is 2. The number of hydrogen-bond donors (Lipinski definition) is 1. The Hall–Kier alpha value is -1.55. The molecule has 0 radical (unpaired) electrons. The summed E-state index contributed by atoms with van der Waals surface area (Å²) < 4.78 is 4.15. The minimum Gasteiger partial charge on any atom is -0.350 e. The van der Waals surface area contributed by atoms with Gasteiger partial charge in [0.25, 0.3) is 0 Å². The first-order valence-corrected chi connectivity index (χ1v) is 8.19. The average Bonchev–Trinajstić information content (AvgIpc) is 2.54. The molecule has 0 aliphatic carbocycles. The Morgan fingerprint density at radius 1 is 1.13 bits per heavy atom. The molecule has 0 aromatic heterocycles. The standard InChI is InChI=1S/C18H17Cl2NO2/c1-3-23-18(13-7-5-4-6-8-13)17(19,20)16(22)14-11-12(2)9-10-15(14)21-18/h4-11,21H,3H2,1-2H3. The second-order valence-corrected chi connectivity index (χ2v) is 6.89. The van der Waals surface area contributed by atoms with Gasteiger partial charge >= 0.3 is 0 Å². The third-order valence-electron chi connectivity index (χ3n) is 4.00. The quantitative estimate of drug-likeness (QED) is 0.818. The Kier molecular flexibility index (Phi) is 4.13. The van der Waals surface area contributed by atoms with E-state index >= 15 is 0 Å². The Bertz CT molecular complexity index is 746. The van der Waals surface area contributed by atoms with Crippen molar-refractivity contribution < 1.29 is 9.53 Å². The van der Waals surface area contributed by atoms with E-state index in [-0.39, 0.29) is 5.78 Å². The number of hydrogen-bond acceptors (Lipinski definition) is 3. The third-order valence-corrected chi connectivity index (χ3v) is 4.87. The van der Waals surface area contributed by atoms with Crippen LogP contribution in [0.2, 0.25) is 0 Å². The van der Waals surface area contributed by atoms with Gasteiger partial charge in [0, 0.05) is 23.4 Å². The van der Waals surface area contributed by atoms with Crippen molar-refractivity contribution >= 4 is 34.7 Å². The van der Waals surface area contributed by atoms with Crippen LogP contribution in [0.5, 0.6) is 0 Å². The van der Waals surface area contributed by atoms with Gasteiger partial charge in [-0.05, 0) is 26.0 Å². The summed E-state index contributed by atoms with van der Waals surface area (Å²) in [5.74, 6) is -0.365. The molecule has 1 aliphatic heterocycles. The predicted molar refractivity (Wildman–Crippen MR) is 93.3 cm³/mol. The van der Waals surface area contributed by atoms with Crippen LogP contribution in [0.3, 0.4) is 0 Å². The van der Waals surface area contributed by atoms with Crippen LogP contribution in [-0.2, 0) is 10.5 Å². The molecule has 3 rings (SSSR count). The lowest BCUT2D eigenvalue weighted by Crippen LogP contribution is -2.59. The molecule has 0 amide bonds. The summed E-state index contributed by atoms with van der Waals surface area (Å²) in [6.45, 7) is 4.10. The van der Waals surface area contributed by atoms with Crippen LogP contribution in [0, 0.1) is 6.92 Å². The fraction of sp³-hybridized carbons (Fsp3) is 0.278. The van der Waals surface area contributed by atoms with Crippen LogP contribution in [0.15, 0.2) is 48.5 Å². The van der Waals surface area contributed by atoms with Gasteiger partial charge in [0.2, 0.25) is 15.8 Å². The van der Waals surface area contributed by atoms with E-state index in [0.29, 0.717) is 23.4 Å². The largest absolute Gasteiger partial charge is 0.350 e. The highest BCUT2D eigenvalue weighted by Gasteiger charge is 2.60. The maximum Gasteiger partial charge on any atom is 0.231 e. The summed E-state index contributed by atoms with van der Waals surface area (Å²) in [6, 6.07) is 14.8. The van der Waals surface area contributed by atoms with Gasteiger partial charge in [0.05, 0.1) is 0 Å². The normalized spacial score (nSPS) is 22.3. The molecule has 2 aromatic carbocycles. The third kappa shape index (κ3) is 2.44. The van der Waals surface area contributed by atoms with Crippen LogP contribution >= 0.6 is 23.2 Å². The molecule has 5 heteroatoms. The number of ether oxygens (including phenoxy) is 1. The zero-order valence-corrected chi connectivity index (χ0v) is 14.4. The molecule has 0 bridgehead atoms. The molecular weight excluding hydrogens is 333 g/mol. The molecule has 1 unspecified atom stereocenters. The lowest BCUT2D eigenvalue weighted by molar-refractivity contribution is -0.0309. The summed E-state index contributed by atoms with van der Waals surface area (Å²) in [5.41, 5.74) is 1.46. The summed E-state index contributed by atoms with van der Waals surface area (Å²) in [4.78, 5) is 13.0. The minimum absolute atomic E-state index is 0.345. The van der Waals surface area contributed by atoms with E-state index < -0.39 is 10.1 Å². The Morgan fingerprint density at radius 3 is 2.48 bits per heavy atom. The first-order chi connectivity index (χ1) is 10.9. The Balaban J connectivity index is 2.24. The lowest BCUT2D eigenvalue weighted by Gasteiger charge is -2.46. The fourth-order valence-corrected chi connectivity index (χ4v) is 3.53. The molecule has 0 saturated carbocycles. The highest BCUT2D eigenvalue weighted by atomic mass is 35.5. The Morgan fingerprint density at radius 2 is 1.83 bits per heavy atom. The molecule has 1 N–H and O–H groups in total. The number of aryl methyl sites for hydroxylation is 1. The number of carbonyl (C=O) groups is 1. The topological polar surface area (TPSA) is 38.3 Å². The van der Waals surface area contributed by atoms with Crippen LogP contribution in [0.4, 0.5) is 5.69 Å². The molecule has 1 aliphatic rings. The number of fused-ring (bicyclic) bond motifs is 1. The number of Topliss-reactive ketones (excluding diaryl/α,β-unsaturated/α-hetero) is 1. The van der Waals surface area contributed by atoms with Crippen LogP contribution in [0.25, 0.3) is 0 Å². The van der Waals surface area contributed by atoms with Crippen molar-refractivity contribution in [2.45, 2.75) is 23.9 Å². The second-order valence-electron chi connectivity index (χ2n) is 5.56.